The summed E-state index contributed by atoms with van der Waals surface area (Å²) in [6, 6.07) is 10.9. The van der Waals surface area contributed by atoms with Gasteiger partial charge in [0.05, 0.1) is 10.8 Å². The van der Waals surface area contributed by atoms with Gasteiger partial charge in [0.1, 0.15) is 5.69 Å². The molecule has 2 unspecified atom stereocenters. The predicted molar refractivity (Wildman–Crippen MR) is 94.7 cm³/mol. The average Bonchev–Trinajstić information content (AvgIpc) is 2.59. The summed E-state index contributed by atoms with van der Waals surface area (Å²) in [5, 5.41) is 0.490. The Bertz CT molecular complexity index is 863. The van der Waals surface area contributed by atoms with E-state index >= 15 is 0 Å². The van der Waals surface area contributed by atoms with Gasteiger partial charge < -0.3 is 4.90 Å². The second kappa shape index (κ2) is 6.51. The molecule has 1 aromatic heterocycles. The van der Waals surface area contributed by atoms with Crippen LogP contribution >= 0.6 is 0 Å². The van der Waals surface area contributed by atoms with E-state index in [-0.39, 0.29) is 11.9 Å². The van der Waals surface area contributed by atoms with E-state index in [1.54, 1.807) is 18.0 Å². The van der Waals surface area contributed by atoms with Gasteiger partial charge in [-0.3, -0.25) is 4.79 Å². The maximum absolute atomic E-state index is 12.8. The van der Waals surface area contributed by atoms with Crippen molar-refractivity contribution in [3.8, 4) is 0 Å². The minimum atomic E-state index is -3.18. The van der Waals surface area contributed by atoms with Gasteiger partial charge in [-0.2, -0.15) is 0 Å². The smallest absolute Gasteiger partial charge is 0.272 e. The molecule has 1 saturated carbocycles. The van der Waals surface area contributed by atoms with Crippen LogP contribution in [0.3, 0.4) is 0 Å². The number of amides is 1. The third-order valence-electron chi connectivity index (χ3n) is 4.85. The largest absolute Gasteiger partial charge is 0.336 e. The van der Waals surface area contributed by atoms with Gasteiger partial charge in [0.2, 0.25) is 0 Å². The normalized spacial score (nSPS) is 21.6. The van der Waals surface area contributed by atoms with Crippen LogP contribution in [0.4, 0.5) is 0 Å². The Kier molecular flexibility index (Phi) is 4.58. The number of nitrogens with zero attached hydrogens (tertiary/aromatic N) is 2. The summed E-state index contributed by atoms with van der Waals surface area (Å²) < 4.78 is 24.2. The zero-order valence-corrected chi connectivity index (χ0v) is 14.8. The number of fused-ring (bicyclic) bond motifs is 1. The van der Waals surface area contributed by atoms with Crippen LogP contribution in [0.15, 0.2) is 36.4 Å². The molecule has 24 heavy (non-hydrogen) atoms. The van der Waals surface area contributed by atoms with E-state index in [4.69, 9.17) is 0 Å². The van der Waals surface area contributed by atoms with Crippen molar-refractivity contribution in [1.29, 1.82) is 0 Å². The number of rotatable bonds is 3. The molecule has 1 heterocycles. The monoisotopic (exact) mass is 346 g/mol. The van der Waals surface area contributed by atoms with Gasteiger partial charge in [0.15, 0.2) is 9.84 Å². The Morgan fingerprint density at radius 1 is 1.12 bits per heavy atom. The van der Waals surface area contributed by atoms with Crippen molar-refractivity contribution >= 4 is 26.6 Å². The lowest BCUT2D eigenvalue weighted by Gasteiger charge is -2.36. The summed E-state index contributed by atoms with van der Waals surface area (Å²) in [6.45, 7) is 0. The second-order valence-corrected chi connectivity index (χ2v) is 8.79. The van der Waals surface area contributed by atoms with Crippen LogP contribution in [0.5, 0.6) is 0 Å². The van der Waals surface area contributed by atoms with Crippen molar-refractivity contribution in [2.75, 3.05) is 13.3 Å². The molecule has 128 valence electrons. The molecule has 2 aromatic rings. The number of benzene rings is 1. The lowest BCUT2D eigenvalue weighted by molar-refractivity contribution is 0.0695. The number of pyridine rings is 1. The van der Waals surface area contributed by atoms with Crippen LogP contribution < -0.4 is 0 Å². The molecule has 0 radical (unpaired) electrons. The fourth-order valence-corrected chi connectivity index (χ4v) is 5.02. The molecule has 6 heteroatoms. The highest BCUT2D eigenvalue weighted by Gasteiger charge is 2.37. The van der Waals surface area contributed by atoms with Gasteiger partial charge in [-0.25, -0.2) is 13.4 Å². The van der Waals surface area contributed by atoms with Crippen molar-refractivity contribution in [2.24, 2.45) is 0 Å². The molecule has 0 aliphatic heterocycles. The number of hydrogen-bond donors (Lipinski definition) is 0. The fraction of sp³-hybridized carbons (Fsp3) is 0.444. The Hall–Kier alpha value is -1.95. The van der Waals surface area contributed by atoms with Crippen LogP contribution in [0, 0.1) is 0 Å². The van der Waals surface area contributed by atoms with E-state index in [0.29, 0.717) is 18.5 Å². The molecule has 0 bridgehead atoms. The van der Waals surface area contributed by atoms with E-state index in [1.807, 2.05) is 30.3 Å². The van der Waals surface area contributed by atoms with Crippen molar-refractivity contribution in [1.82, 2.24) is 9.88 Å². The SMILES string of the molecule is CN(C(=O)c1ccc2ccccc2n1)C1CCCCC1S(C)(=O)=O. The first-order chi connectivity index (χ1) is 11.4. The molecule has 0 saturated heterocycles. The van der Waals surface area contributed by atoms with Crippen LogP contribution in [-0.4, -0.2) is 48.8 Å². The van der Waals surface area contributed by atoms with Gasteiger partial charge in [-0.1, -0.05) is 37.1 Å². The molecular formula is C18H22N2O3S. The number of carbonyl (C=O) groups is 1. The first-order valence-electron chi connectivity index (χ1n) is 8.20. The van der Waals surface area contributed by atoms with Crippen molar-refractivity contribution in [3.63, 3.8) is 0 Å². The summed E-state index contributed by atoms with van der Waals surface area (Å²) >= 11 is 0. The average molecular weight is 346 g/mol. The molecule has 1 amide bonds. The highest BCUT2D eigenvalue weighted by Crippen LogP contribution is 2.28. The number of para-hydroxylation sites is 1. The number of hydrogen-bond acceptors (Lipinski definition) is 4. The van der Waals surface area contributed by atoms with Gasteiger partial charge in [0, 0.05) is 24.7 Å². The van der Waals surface area contributed by atoms with E-state index in [1.165, 1.54) is 6.26 Å². The minimum Gasteiger partial charge on any atom is -0.336 e. The van der Waals surface area contributed by atoms with E-state index in [9.17, 15) is 13.2 Å². The van der Waals surface area contributed by atoms with Crippen LogP contribution in [0.1, 0.15) is 36.2 Å². The highest BCUT2D eigenvalue weighted by molar-refractivity contribution is 7.91. The first kappa shape index (κ1) is 16.9. The second-order valence-electron chi connectivity index (χ2n) is 6.53. The number of carbonyl (C=O) groups excluding carboxylic acids is 1. The third kappa shape index (κ3) is 3.29. The van der Waals surface area contributed by atoms with Crippen LogP contribution in [0.2, 0.25) is 0 Å². The first-order valence-corrected chi connectivity index (χ1v) is 10.2. The summed E-state index contributed by atoms with van der Waals surface area (Å²) in [5.74, 6) is -0.221. The number of sulfone groups is 1. The molecular weight excluding hydrogens is 324 g/mol. The molecule has 0 spiro atoms. The van der Waals surface area contributed by atoms with Crippen molar-refractivity contribution in [3.05, 3.63) is 42.1 Å². The maximum atomic E-state index is 12.8. The lowest BCUT2D eigenvalue weighted by atomic mass is 9.93. The summed E-state index contributed by atoms with van der Waals surface area (Å²) in [4.78, 5) is 18.8. The third-order valence-corrected chi connectivity index (χ3v) is 6.50. The van der Waals surface area contributed by atoms with Gasteiger partial charge >= 0.3 is 0 Å². The Morgan fingerprint density at radius 2 is 1.83 bits per heavy atom. The van der Waals surface area contributed by atoms with Crippen molar-refractivity contribution < 1.29 is 13.2 Å². The Balaban J connectivity index is 1.89. The summed E-state index contributed by atoms with van der Waals surface area (Å²) in [5.41, 5.74) is 1.12. The lowest BCUT2D eigenvalue weighted by Crippen LogP contribution is -2.49. The molecule has 1 aromatic carbocycles. The quantitative estimate of drug-likeness (QED) is 0.857. The van der Waals surface area contributed by atoms with E-state index < -0.39 is 15.1 Å². The fourth-order valence-electron chi connectivity index (χ4n) is 3.54. The topological polar surface area (TPSA) is 67.3 Å². The zero-order valence-electron chi connectivity index (χ0n) is 14.0. The standard InChI is InChI=1S/C18H22N2O3S/c1-20(16-9-5-6-10-17(16)24(2,22)23)18(21)15-12-11-13-7-3-4-8-14(13)19-15/h3-4,7-8,11-12,16-17H,5-6,9-10H2,1-2H3. The summed E-state index contributed by atoms with van der Waals surface area (Å²) in [7, 11) is -1.50. The van der Waals surface area contributed by atoms with Crippen molar-refractivity contribution in [2.45, 2.75) is 37.0 Å². The molecule has 2 atom stereocenters. The molecule has 5 nitrogen and oxygen atoms in total. The highest BCUT2D eigenvalue weighted by atomic mass is 32.2. The van der Waals surface area contributed by atoms with Gasteiger partial charge in [-0.05, 0) is 25.0 Å². The van der Waals surface area contributed by atoms with Crippen LogP contribution in [-0.2, 0) is 9.84 Å². The molecule has 0 N–H and O–H groups in total. The minimum absolute atomic E-state index is 0.221. The molecule has 1 aliphatic rings. The molecule has 3 rings (SSSR count). The van der Waals surface area contributed by atoms with E-state index in [0.717, 1.165) is 23.7 Å². The van der Waals surface area contributed by atoms with Gasteiger partial charge in [-0.15, -0.1) is 0 Å². The maximum Gasteiger partial charge on any atom is 0.272 e. The Morgan fingerprint density at radius 3 is 2.58 bits per heavy atom. The Labute approximate surface area is 142 Å². The summed E-state index contributed by atoms with van der Waals surface area (Å²) in [6.07, 6.45) is 4.44. The zero-order chi connectivity index (χ0) is 17.3. The van der Waals surface area contributed by atoms with Crippen LogP contribution in [0.25, 0.3) is 10.9 Å². The van der Waals surface area contributed by atoms with Gasteiger partial charge in [0.25, 0.3) is 5.91 Å². The predicted octanol–water partition coefficient (Wildman–Crippen LogP) is 2.66. The molecule has 1 aliphatic carbocycles. The van der Waals surface area contributed by atoms with E-state index in [2.05, 4.69) is 4.98 Å². The molecule has 1 fully saturated rings. The number of aromatic nitrogens is 1.